The van der Waals surface area contributed by atoms with Gasteiger partial charge >= 0.3 is 25.7 Å². The second kappa shape index (κ2) is 49.1. The van der Waals surface area contributed by atoms with Gasteiger partial charge in [0.15, 0.2) is 0 Å². The molecule has 0 radical (unpaired) electrons. The Morgan fingerprint density at radius 1 is 0.242 bits per heavy atom. The normalized spacial score (nSPS) is 11.6. The Morgan fingerprint density at radius 3 is 0.516 bits per heavy atom. The summed E-state index contributed by atoms with van der Waals surface area (Å²) >= 11 is 0. The Morgan fingerprint density at radius 2 is 0.371 bits per heavy atom. The maximum atomic E-state index is 13.6. The van der Waals surface area contributed by atoms with Gasteiger partial charge in [-0.05, 0) is 19.3 Å². The predicted molar refractivity (Wildman–Crippen MR) is 265 cm³/mol. The van der Waals surface area contributed by atoms with Crippen LogP contribution >= 0.6 is 7.82 Å². The summed E-state index contributed by atoms with van der Waals surface area (Å²) in [6.45, 7) is 6.79. The lowest BCUT2D eigenvalue weighted by atomic mass is 10.0. The third-order valence-corrected chi connectivity index (χ3v) is 13.9. The number of unbranched alkanes of at least 4 members (excludes halogenated alkanes) is 42. The Labute approximate surface area is 385 Å². The molecule has 8 heteroatoms. The summed E-state index contributed by atoms with van der Waals surface area (Å²) in [5.41, 5.74) is 0. The van der Waals surface area contributed by atoms with Gasteiger partial charge in [0.25, 0.3) is 0 Å². The fourth-order valence-electron chi connectivity index (χ4n) is 8.49. The van der Waals surface area contributed by atoms with E-state index in [9.17, 15) is 18.9 Å². The van der Waals surface area contributed by atoms with Crippen molar-refractivity contribution in [1.82, 2.24) is 0 Å². The lowest BCUT2D eigenvalue weighted by Gasteiger charge is -2.16. The van der Waals surface area contributed by atoms with Crippen molar-refractivity contribution in [3.63, 3.8) is 0 Å². The molecule has 0 aromatic carbocycles. The van der Waals surface area contributed by atoms with Crippen molar-refractivity contribution < 1.29 is 32.5 Å². The van der Waals surface area contributed by atoms with E-state index in [-0.39, 0.29) is 19.3 Å². The van der Waals surface area contributed by atoms with Crippen LogP contribution in [0.3, 0.4) is 0 Å². The maximum Gasteiger partial charge on any atom is 0.653 e. The molecule has 0 aromatic rings. The van der Waals surface area contributed by atoms with Crippen molar-refractivity contribution in [2.75, 3.05) is 0 Å². The lowest BCUT2D eigenvalue weighted by molar-refractivity contribution is -0.144. The summed E-state index contributed by atoms with van der Waals surface area (Å²) in [6.07, 6.45) is 54.9. The molecule has 0 amide bonds. The first kappa shape index (κ1) is 60.6. The minimum Gasteiger partial charge on any atom is -0.352 e. The Hall–Kier alpha value is -1.36. The molecule has 62 heavy (non-hydrogen) atoms. The van der Waals surface area contributed by atoms with Crippen molar-refractivity contribution in [2.24, 2.45) is 0 Å². The quantitative estimate of drug-likeness (QED) is 0.0443. The molecular weight excluding hydrogens is 792 g/mol. The SMILES string of the molecule is CCCCCCCCCCCCCCCCCC(=O)OP(=O)(OC(=O)CCCCCCCCCCCCCCCCC)OC(=O)CCCCCCCCCCCCCCCCC. The van der Waals surface area contributed by atoms with E-state index in [0.717, 1.165) is 57.8 Å². The standard InChI is InChI=1S/C54H105O7P/c1-4-7-10-13-16-19-22-25-28-31-34-37-40-43-46-49-52(55)59-62(58,60-53(56)50-47-44-41-38-35-32-29-26-23-20-17-14-11-8-5-2)61-54(57)51-48-45-42-39-36-33-30-27-24-21-18-15-12-9-6-3/h4-51H2,1-3H3. The number of rotatable bonds is 51. The minimum absolute atomic E-state index is 0.0510. The van der Waals surface area contributed by atoms with E-state index in [1.54, 1.807) is 0 Å². The van der Waals surface area contributed by atoms with Gasteiger partial charge in [-0.2, -0.15) is 4.57 Å². The second-order valence-corrected chi connectivity index (χ2v) is 20.4. The monoisotopic (exact) mass is 897 g/mol. The molecule has 0 aliphatic rings. The fraction of sp³-hybridized carbons (Fsp3) is 0.944. The summed E-state index contributed by atoms with van der Waals surface area (Å²) in [5.74, 6) is -2.24. The van der Waals surface area contributed by atoms with Gasteiger partial charge in [0.2, 0.25) is 0 Å². The van der Waals surface area contributed by atoms with E-state index in [4.69, 9.17) is 13.6 Å². The Balaban J connectivity index is 4.45. The highest BCUT2D eigenvalue weighted by molar-refractivity contribution is 7.50. The Bertz CT molecular complexity index is 893. The second-order valence-electron chi connectivity index (χ2n) is 18.9. The summed E-state index contributed by atoms with van der Waals surface area (Å²) in [5, 5.41) is 0. The third-order valence-electron chi connectivity index (χ3n) is 12.6. The molecular formula is C54H105O7P. The molecule has 0 unspecified atom stereocenters. The molecule has 0 N–H and O–H groups in total. The van der Waals surface area contributed by atoms with Crippen LogP contribution in [0, 0.1) is 0 Å². The van der Waals surface area contributed by atoms with Crippen LogP contribution in [0.4, 0.5) is 0 Å². The van der Waals surface area contributed by atoms with Gasteiger partial charge in [0.1, 0.15) is 0 Å². The first-order chi connectivity index (χ1) is 30.4. The molecule has 0 aromatic heterocycles. The predicted octanol–water partition coefficient (Wildman–Crippen LogP) is 19.5. The molecule has 0 rings (SSSR count). The zero-order valence-corrected chi connectivity index (χ0v) is 42.6. The van der Waals surface area contributed by atoms with Crippen LogP contribution in [0.1, 0.15) is 329 Å². The fourth-order valence-corrected chi connectivity index (χ4v) is 9.62. The van der Waals surface area contributed by atoms with E-state index >= 15 is 0 Å². The average molecular weight is 897 g/mol. The number of phosphoric acid groups is 1. The first-order valence-corrected chi connectivity index (χ1v) is 29.1. The largest absolute Gasteiger partial charge is 0.653 e. The third kappa shape index (κ3) is 46.6. The summed E-state index contributed by atoms with van der Waals surface area (Å²) < 4.78 is 29.2. The van der Waals surface area contributed by atoms with Gasteiger partial charge in [0.05, 0.1) is 0 Å². The molecule has 0 saturated heterocycles. The highest BCUT2D eigenvalue weighted by atomic mass is 31.2. The molecule has 0 aliphatic carbocycles. The van der Waals surface area contributed by atoms with Crippen LogP contribution < -0.4 is 0 Å². The number of carbonyl (C=O) groups excluding carboxylic acids is 3. The van der Waals surface area contributed by atoms with Crippen molar-refractivity contribution >= 4 is 25.7 Å². The minimum atomic E-state index is -4.71. The van der Waals surface area contributed by atoms with Gasteiger partial charge in [0, 0.05) is 19.3 Å². The summed E-state index contributed by atoms with van der Waals surface area (Å²) in [7, 11) is -4.71. The van der Waals surface area contributed by atoms with Gasteiger partial charge in [-0.1, -0.05) is 290 Å². The van der Waals surface area contributed by atoms with Crippen LogP contribution in [0.25, 0.3) is 0 Å². The highest BCUT2D eigenvalue weighted by Crippen LogP contribution is 2.51. The van der Waals surface area contributed by atoms with E-state index in [0.29, 0.717) is 19.3 Å². The van der Waals surface area contributed by atoms with Crippen LogP contribution in [-0.2, 0) is 32.5 Å². The summed E-state index contributed by atoms with van der Waals surface area (Å²) in [6, 6.07) is 0. The van der Waals surface area contributed by atoms with Crippen molar-refractivity contribution in [1.29, 1.82) is 0 Å². The average Bonchev–Trinajstić information content (AvgIpc) is 3.24. The van der Waals surface area contributed by atoms with Crippen molar-refractivity contribution in [3.05, 3.63) is 0 Å². The number of phosphoric ester groups is 1. The molecule has 0 heterocycles. The molecule has 0 atom stereocenters. The molecule has 7 nitrogen and oxygen atoms in total. The van der Waals surface area contributed by atoms with Crippen LogP contribution in [0.2, 0.25) is 0 Å². The van der Waals surface area contributed by atoms with E-state index in [2.05, 4.69) is 20.8 Å². The molecule has 0 saturated carbocycles. The number of hydrogen-bond acceptors (Lipinski definition) is 7. The molecule has 0 aliphatic heterocycles. The van der Waals surface area contributed by atoms with Gasteiger partial charge in [-0.25, -0.2) is 0 Å². The van der Waals surface area contributed by atoms with Crippen LogP contribution in [0.15, 0.2) is 0 Å². The molecule has 368 valence electrons. The van der Waals surface area contributed by atoms with Gasteiger partial charge in [-0.3, -0.25) is 14.4 Å². The number of hydrogen-bond donors (Lipinski definition) is 0. The molecule has 0 fully saturated rings. The topological polar surface area (TPSA) is 96.0 Å². The highest BCUT2D eigenvalue weighted by Gasteiger charge is 2.39. The number of carbonyl (C=O) groups is 3. The van der Waals surface area contributed by atoms with E-state index in [1.165, 1.54) is 212 Å². The lowest BCUT2D eigenvalue weighted by Crippen LogP contribution is -2.14. The molecule has 0 spiro atoms. The maximum absolute atomic E-state index is 13.6. The Kier molecular flexibility index (Phi) is 48.0. The van der Waals surface area contributed by atoms with Gasteiger partial charge in [-0.15, -0.1) is 0 Å². The van der Waals surface area contributed by atoms with Crippen molar-refractivity contribution in [3.8, 4) is 0 Å². The van der Waals surface area contributed by atoms with Gasteiger partial charge < -0.3 is 13.6 Å². The first-order valence-electron chi connectivity index (χ1n) is 27.6. The summed E-state index contributed by atoms with van der Waals surface area (Å²) in [4.78, 5) is 38.4. The molecule has 0 bridgehead atoms. The smallest absolute Gasteiger partial charge is 0.352 e. The zero-order chi connectivity index (χ0) is 45.3. The van der Waals surface area contributed by atoms with Crippen molar-refractivity contribution in [2.45, 2.75) is 329 Å². The zero-order valence-electron chi connectivity index (χ0n) is 41.7. The van der Waals surface area contributed by atoms with Crippen LogP contribution in [0.5, 0.6) is 0 Å². The van der Waals surface area contributed by atoms with E-state index < -0.39 is 25.7 Å². The van der Waals surface area contributed by atoms with E-state index in [1.807, 2.05) is 0 Å². The van der Waals surface area contributed by atoms with Crippen LogP contribution in [-0.4, -0.2) is 17.9 Å².